The van der Waals surface area contributed by atoms with Crippen LogP contribution in [0.3, 0.4) is 0 Å². The van der Waals surface area contributed by atoms with E-state index in [0.717, 1.165) is 5.56 Å². The molecule has 4 aromatic rings. The Morgan fingerprint density at radius 3 is 2.08 bits per heavy atom. The number of Topliss-reactive ketones (excluding diaryl/α,β-unsaturated/α-hetero) is 1. The maximum absolute atomic E-state index is 14.3. The molecule has 6 nitrogen and oxygen atoms in total. The Balaban J connectivity index is 1.61. The van der Waals surface area contributed by atoms with E-state index in [2.05, 4.69) is 4.98 Å². The summed E-state index contributed by atoms with van der Waals surface area (Å²) in [6.07, 6.45) is 1.62. The molecule has 190 valence electrons. The van der Waals surface area contributed by atoms with Gasteiger partial charge in [0.15, 0.2) is 5.78 Å². The van der Waals surface area contributed by atoms with Gasteiger partial charge in [0.05, 0.1) is 17.2 Å². The first-order valence-electron chi connectivity index (χ1n) is 11.9. The Hall–Kier alpha value is -3.58. The number of hydrogen-bond acceptors (Lipinski definition) is 5. The Morgan fingerprint density at radius 1 is 0.816 bits per heavy atom. The zero-order valence-corrected chi connectivity index (χ0v) is 22.1. The van der Waals surface area contributed by atoms with Crippen molar-refractivity contribution in [2.45, 2.75) is 25.2 Å². The van der Waals surface area contributed by atoms with Gasteiger partial charge in [0.2, 0.25) is 5.88 Å². The molecule has 0 fully saturated rings. The van der Waals surface area contributed by atoms with Gasteiger partial charge in [-0.2, -0.15) is 4.98 Å². The zero-order chi connectivity index (χ0) is 26.4. The first-order chi connectivity index (χ1) is 18.4. The van der Waals surface area contributed by atoms with Gasteiger partial charge in [0.25, 0.3) is 5.56 Å². The number of hydrogen-bond donors (Lipinski definition) is 0. The molecule has 0 N–H and O–H groups in total. The molecule has 1 aromatic heterocycles. The molecule has 2 heterocycles. The van der Waals surface area contributed by atoms with Crippen LogP contribution in [0, 0.1) is 0 Å². The van der Waals surface area contributed by atoms with Crippen molar-refractivity contribution in [1.82, 2.24) is 9.55 Å². The minimum absolute atomic E-state index is 0.000521. The number of carbonyl (C=O) groups is 1. The second-order valence-corrected chi connectivity index (χ2v) is 10.3. The van der Waals surface area contributed by atoms with Crippen molar-refractivity contribution >= 4 is 40.6 Å². The lowest BCUT2D eigenvalue weighted by Crippen LogP contribution is -2.34. The normalized spacial score (nSPS) is 16.5. The summed E-state index contributed by atoms with van der Waals surface area (Å²) in [6.45, 7) is 0. The van der Waals surface area contributed by atoms with Crippen LogP contribution in [0.1, 0.15) is 36.3 Å². The molecule has 0 spiro atoms. The van der Waals surface area contributed by atoms with Crippen molar-refractivity contribution in [3.63, 3.8) is 0 Å². The standard InChI is InChI=1S/C29H19Cl3N2O4/c30-17-6-4-16(5-7-17)24-25-22(35)2-1-3-23(25)38-27-26(24)28(36)34(20-12-8-18(31)9-13-20)29(33-27)37-21-14-10-19(32)11-15-21/h4-15,24H,1-3H2. The first-order valence-corrected chi connectivity index (χ1v) is 13.1. The van der Waals surface area contributed by atoms with E-state index in [1.54, 1.807) is 60.7 Å². The Labute approximate surface area is 233 Å². The van der Waals surface area contributed by atoms with Gasteiger partial charge < -0.3 is 9.47 Å². The monoisotopic (exact) mass is 564 g/mol. The van der Waals surface area contributed by atoms with Crippen LogP contribution in [0.4, 0.5) is 0 Å². The van der Waals surface area contributed by atoms with Crippen molar-refractivity contribution < 1.29 is 14.3 Å². The summed E-state index contributed by atoms with van der Waals surface area (Å²) in [6, 6.07) is 20.6. The van der Waals surface area contributed by atoms with E-state index in [4.69, 9.17) is 44.3 Å². The topological polar surface area (TPSA) is 70.4 Å². The van der Waals surface area contributed by atoms with E-state index in [-0.39, 0.29) is 23.2 Å². The lowest BCUT2D eigenvalue weighted by atomic mass is 9.78. The molecule has 1 atom stereocenters. The van der Waals surface area contributed by atoms with E-state index in [1.807, 2.05) is 12.1 Å². The van der Waals surface area contributed by atoms with Gasteiger partial charge in [-0.15, -0.1) is 0 Å². The number of allylic oxidation sites excluding steroid dienone is 2. The van der Waals surface area contributed by atoms with Gasteiger partial charge in [-0.05, 0) is 72.6 Å². The molecule has 38 heavy (non-hydrogen) atoms. The third-order valence-corrected chi connectivity index (χ3v) is 7.32. The van der Waals surface area contributed by atoms with Gasteiger partial charge in [0, 0.05) is 33.5 Å². The number of ether oxygens (including phenoxy) is 2. The maximum atomic E-state index is 14.3. The minimum atomic E-state index is -0.665. The summed E-state index contributed by atoms with van der Waals surface area (Å²) in [4.78, 5) is 32.2. The number of carbonyl (C=O) groups excluding carboxylic acids is 1. The number of nitrogens with zero attached hydrogens (tertiary/aromatic N) is 2. The smallest absolute Gasteiger partial charge is 0.312 e. The highest BCUT2D eigenvalue weighted by Gasteiger charge is 2.40. The molecule has 2 aliphatic rings. The van der Waals surface area contributed by atoms with Crippen LogP contribution in [0.2, 0.25) is 15.1 Å². The molecule has 0 amide bonds. The quantitative estimate of drug-likeness (QED) is 0.256. The van der Waals surface area contributed by atoms with Gasteiger partial charge in [0.1, 0.15) is 11.5 Å². The van der Waals surface area contributed by atoms with Crippen LogP contribution in [0.25, 0.3) is 5.69 Å². The highest BCUT2D eigenvalue weighted by molar-refractivity contribution is 6.31. The summed E-state index contributed by atoms with van der Waals surface area (Å²) in [7, 11) is 0. The summed E-state index contributed by atoms with van der Waals surface area (Å²) in [5, 5.41) is 1.60. The number of aromatic nitrogens is 2. The van der Waals surface area contributed by atoms with Crippen LogP contribution in [0.5, 0.6) is 17.6 Å². The molecule has 3 aromatic carbocycles. The number of rotatable bonds is 4. The summed E-state index contributed by atoms with van der Waals surface area (Å²) < 4.78 is 13.6. The summed E-state index contributed by atoms with van der Waals surface area (Å²) in [5.41, 5.74) is 1.54. The van der Waals surface area contributed by atoms with Crippen molar-refractivity contribution in [2.24, 2.45) is 0 Å². The predicted octanol–water partition coefficient (Wildman–Crippen LogP) is 7.52. The van der Waals surface area contributed by atoms with Crippen LogP contribution in [-0.2, 0) is 4.79 Å². The molecule has 0 saturated heterocycles. The van der Waals surface area contributed by atoms with Gasteiger partial charge >= 0.3 is 6.01 Å². The van der Waals surface area contributed by atoms with E-state index in [0.29, 0.717) is 57.1 Å². The highest BCUT2D eigenvalue weighted by Crippen LogP contribution is 2.45. The molecular weight excluding hydrogens is 547 g/mol. The number of fused-ring (bicyclic) bond motifs is 1. The number of halogens is 3. The Bertz CT molecular complexity index is 1640. The number of benzene rings is 3. The summed E-state index contributed by atoms with van der Waals surface area (Å²) in [5.74, 6) is 0.361. The largest absolute Gasteiger partial charge is 0.442 e. The second kappa shape index (κ2) is 9.95. The minimum Gasteiger partial charge on any atom is -0.442 e. The maximum Gasteiger partial charge on any atom is 0.312 e. The van der Waals surface area contributed by atoms with Crippen LogP contribution < -0.4 is 15.0 Å². The Morgan fingerprint density at radius 2 is 1.42 bits per heavy atom. The first kappa shape index (κ1) is 24.7. The molecule has 6 rings (SSSR count). The average molecular weight is 566 g/mol. The molecule has 0 saturated carbocycles. The fourth-order valence-corrected chi connectivity index (χ4v) is 5.20. The SMILES string of the molecule is O=C1CCCC2=C1C(c1ccc(Cl)cc1)c1c(nc(Oc3ccc(Cl)cc3)n(-c3ccc(Cl)cc3)c1=O)O2. The molecule has 0 radical (unpaired) electrons. The van der Waals surface area contributed by atoms with Crippen LogP contribution in [0.15, 0.2) is 88.9 Å². The zero-order valence-electron chi connectivity index (χ0n) is 19.8. The Kier molecular flexibility index (Phi) is 6.48. The predicted molar refractivity (Wildman–Crippen MR) is 146 cm³/mol. The van der Waals surface area contributed by atoms with Gasteiger partial charge in [-0.25, -0.2) is 4.57 Å². The van der Waals surface area contributed by atoms with Gasteiger partial charge in [-0.1, -0.05) is 46.9 Å². The van der Waals surface area contributed by atoms with Crippen molar-refractivity contribution in [3.8, 4) is 23.3 Å². The van der Waals surface area contributed by atoms with E-state index in [9.17, 15) is 9.59 Å². The third kappa shape index (κ3) is 4.49. The van der Waals surface area contributed by atoms with E-state index < -0.39 is 11.5 Å². The fraction of sp³-hybridized carbons (Fsp3) is 0.138. The fourth-order valence-electron chi connectivity index (χ4n) is 4.83. The number of ketones is 1. The molecule has 0 bridgehead atoms. The highest BCUT2D eigenvalue weighted by atomic mass is 35.5. The molecule has 1 aliphatic carbocycles. The third-order valence-electron chi connectivity index (χ3n) is 6.57. The average Bonchev–Trinajstić information content (AvgIpc) is 2.90. The van der Waals surface area contributed by atoms with E-state index >= 15 is 0 Å². The van der Waals surface area contributed by atoms with Crippen LogP contribution in [-0.4, -0.2) is 15.3 Å². The summed E-state index contributed by atoms with van der Waals surface area (Å²) >= 11 is 18.3. The van der Waals surface area contributed by atoms with Gasteiger partial charge in [-0.3, -0.25) is 9.59 Å². The molecule has 9 heteroatoms. The van der Waals surface area contributed by atoms with E-state index in [1.165, 1.54) is 4.57 Å². The lowest BCUT2D eigenvalue weighted by Gasteiger charge is -2.32. The van der Waals surface area contributed by atoms with Crippen molar-refractivity contribution in [2.75, 3.05) is 0 Å². The van der Waals surface area contributed by atoms with Crippen LogP contribution >= 0.6 is 34.8 Å². The second-order valence-electron chi connectivity index (χ2n) is 8.99. The molecular formula is C29H19Cl3N2O4. The van der Waals surface area contributed by atoms with Crippen molar-refractivity contribution in [1.29, 1.82) is 0 Å². The molecule has 1 aliphatic heterocycles. The van der Waals surface area contributed by atoms with Crippen molar-refractivity contribution in [3.05, 3.63) is 121 Å². The lowest BCUT2D eigenvalue weighted by molar-refractivity contribution is -0.116. The molecule has 1 unspecified atom stereocenters.